The van der Waals surface area contributed by atoms with Gasteiger partial charge in [-0.1, -0.05) is 34.8 Å². The average Bonchev–Trinajstić information content (AvgIpc) is 3.08. The lowest BCUT2D eigenvalue weighted by Crippen LogP contribution is -1.99. The van der Waals surface area contributed by atoms with Gasteiger partial charge in [-0.25, -0.2) is 4.98 Å². The summed E-state index contributed by atoms with van der Waals surface area (Å²) in [6.07, 6.45) is 1.86. The molecule has 4 nitrogen and oxygen atoms in total. The van der Waals surface area contributed by atoms with Crippen molar-refractivity contribution in [2.45, 2.75) is 0 Å². The van der Waals surface area contributed by atoms with Crippen LogP contribution in [0.15, 0.2) is 36.5 Å². The molecule has 2 aromatic carbocycles. The molecule has 0 fully saturated rings. The number of anilines is 2. The van der Waals surface area contributed by atoms with E-state index in [0.29, 0.717) is 21.0 Å². The lowest BCUT2D eigenvalue weighted by molar-refractivity contribution is 0.958. The van der Waals surface area contributed by atoms with Crippen LogP contribution in [0.1, 0.15) is 0 Å². The molecule has 0 aliphatic heterocycles. The van der Waals surface area contributed by atoms with Gasteiger partial charge in [0.2, 0.25) is 5.95 Å². The van der Waals surface area contributed by atoms with E-state index in [4.69, 9.17) is 34.8 Å². The summed E-state index contributed by atoms with van der Waals surface area (Å²) in [5, 5.41) is 5.94. The summed E-state index contributed by atoms with van der Waals surface area (Å²) >= 11 is 18.5. The number of halogens is 3. The second-order valence-corrected chi connectivity index (χ2v) is 6.49. The van der Waals surface area contributed by atoms with Crippen LogP contribution in [0.3, 0.4) is 0 Å². The molecule has 0 saturated heterocycles. The topological polar surface area (TPSA) is 45.6 Å². The molecule has 0 aliphatic carbocycles. The van der Waals surface area contributed by atoms with E-state index in [0.717, 1.165) is 27.6 Å². The summed E-state index contributed by atoms with van der Waals surface area (Å²) in [5.41, 5.74) is 3.48. The van der Waals surface area contributed by atoms with Crippen LogP contribution in [-0.4, -0.2) is 14.5 Å². The molecule has 0 radical (unpaired) electrons. The third kappa shape index (κ3) is 2.43. The van der Waals surface area contributed by atoms with Gasteiger partial charge in [-0.15, -0.1) is 0 Å². The lowest BCUT2D eigenvalue weighted by Gasteiger charge is -2.07. The Bertz CT molecular complexity index is 1050. The van der Waals surface area contributed by atoms with Crippen molar-refractivity contribution in [3.63, 3.8) is 0 Å². The molecule has 0 amide bonds. The predicted octanol–water partition coefficient (Wildman–Crippen LogP) is 5.76. The van der Waals surface area contributed by atoms with Crippen LogP contribution in [0.2, 0.25) is 15.1 Å². The summed E-state index contributed by atoms with van der Waals surface area (Å²) in [6.45, 7) is 0. The Kier molecular flexibility index (Phi) is 3.41. The van der Waals surface area contributed by atoms with Gasteiger partial charge in [-0.2, -0.15) is 0 Å². The first kappa shape index (κ1) is 14.7. The fraction of sp³-hybridized carbons (Fsp3) is 0.0625. The number of fused-ring (bicyclic) bond motifs is 2. The first-order valence-electron chi connectivity index (χ1n) is 6.88. The van der Waals surface area contributed by atoms with Gasteiger partial charge in [-0.3, -0.25) is 0 Å². The number of aromatic nitrogens is 3. The number of aryl methyl sites for hydroxylation is 1. The number of benzene rings is 2. The number of nitrogens with one attached hydrogen (secondary N) is 2. The summed E-state index contributed by atoms with van der Waals surface area (Å²) in [5.74, 6) is 0.681. The summed E-state index contributed by atoms with van der Waals surface area (Å²) < 4.78 is 1.92. The van der Waals surface area contributed by atoms with Crippen molar-refractivity contribution in [1.82, 2.24) is 14.5 Å². The molecule has 0 bridgehead atoms. The van der Waals surface area contributed by atoms with Gasteiger partial charge in [0.1, 0.15) is 0 Å². The number of hydrogen-bond donors (Lipinski definition) is 2. The first-order valence-corrected chi connectivity index (χ1v) is 8.01. The molecule has 4 aromatic rings. The van der Waals surface area contributed by atoms with Gasteiger partial charge in [-0.05, 0) is 30.3 Å². The van der Waals surface area contributed by atoms with E-state index < -0.39 is 0 Å². The number of rotatable bonds is 2. The zero-order chi connectivity index (χ0) is 16.1. The Morgan fingerprint density at radius 1 is 1.04 bits per heavy atom. The standard InChI is InChI=1S/C16H11Cl3N4/c1-23-15-7-12(19)11(18)6-14(15)22-16(23)21-8-4-10(17)9-2-3-20-13(9)5-8/h2-7,20H,1H3,(H,21,22). The van der Waals surface area contributed by atoms with E-state index in [1.807, 2.05) is 36.0 Å². The van der Waals surface area contributed by atoms with Gasteiger partial charge < -0.3 is 14.9 Å². The minimum Gasteiger partial charge on any atom is -0.361 e. The van der Waals surface area contributed by atoms with Crippen LogP contribution in [0.25, 0.3) is 21.9 Å². The highest BCUT2D eigenvalue weighted by Crippen LogP contribution is 2.32. The first-order chi connectivity index (χ1) is 11.0. The highest BCUT2D eigenvalue weighted by atomic mass is 35.5. The van der Waals surface area contributed by atoms with Crippen LogP contribution in [0.5, 0.6) is 0 Å². The number of imidazole rings is 1. The molecule has 116 valence electrons. The maximum Gasteiger partial charge on any atom is 0.208 e. The largest absolute Gasteiger partial charge is 0.361 e. The highest BCUT2D eigenvalue weighted by molar-refractivity contribution is 6.42. The number of aromatic amines is 1. The molecule has 23 heavy (non-hydrogen) atoms. The Hall–Kier alpha value is -1.88. The maximum absolute atomic E-state index is 6.31. The van der Waals surface area contributed by atoms with Crippen molar-refractivity contribution in [3.05, 3.63) is 51.6 Å². The summed E-state index contributed by atoms with van der Waals surface area (Å²) in [6, 6.07) is 9.36. The van der Waals surface area contributed by atoms with E-state index in [9.17, 15) is 0 Å². The van der Waals surface area contributed by atoms with Crippen LogP contribution in [-0.2, 0) is 7.05 Å². The van der Waals surface area contributed by atoms with E-state index in [1.54, 1.807) is 12.1 Å². The Morgan fingerprint density at radius 2 is 1.83 bits per heavy atom. The second kappa shape index (κ2) is 5.34. The zero-order valence-corrected chi connectivity index (χ0v) is 14.3. The molecule has 7 heteroatoms. The molecule has 2 heterocycles. The summed E-state index contributed by atoms with van der Waals surface area (Å²) in [4.78, 5) is 7.72. The Labute approximate surface area is 147 Å². The zero-order valence-electron chi connectivity index (χ0n) is 12.0. The van der Waals surface area contributed by atoms with E-state index >= 15 is 0 Å². The van der Waals surface area contributed by atoms with E-state index in [1.165, 1.54) is 0 Å². The molecule has 2 aromatic heterocycles. The minimum atomic E-state index is 0.486. The van der Waals surface area contributed by atoms with Crippen molar-refractivity contribution >= 4 is 68.4 Å². The van der Waals surface area contributed by atoms with Gasteiger partial charge in [0.05, 0.1) is 26.1 Å². The maximum atomic E-state index is 6.31. The fourth-order valence-corrected chi connectivity index (χ4v) is 3.22. The molecule has 2 N–H and O–H groups in total. The normalized spacial score (nSPS) is 11.5. The average molecular weight is 366 g/mol. The third-order valence-corrected chi connectivity index (χ3v) is 4.83. The smallest absolute Gasteiger partial charge is 0.208 e. The van der Waals surface area contributed by atoms with Crippen molar-refractivity contribution in [2.24, 2.45) is 7.05 Å². The predicted molar refractivity (Wildman–Crippen MR) is 97.3 cm³/mol. The molecule has 0 aliphatic rings. The highest BCUT2D eigenvalue weighted by Gasteiger charge is 2.12. The monoisotopic (exact) mass is 364 g/mol. The number of H-pyrrole nitrogens is 1. The lowest BCUT2D eigenvalue weighted by atomic mass is 10.2. The quantitative estimate of drug-likeness (QED) is 0.474. The van der Waals surface area contributed by atoms with Gasteiger partial charge >= 0.3 is 0 Å². The fourth-order valence-electron chi connectivity index (χ4n) is 2.62. The van der Waals surface area contributed by atoms with Crippen LogP contribution >= 0.6 is 34.8 Å². The van der Waals surface area contributed by atoms with Gasteiger partial charge in [0, 0.05) is 29.8 Å². The van der Waals surface area contributed by atoms with Crippen molar-refractivity contribution in [3.8, 4) is 0 Å². The SMILES string of the molecule is Cn1c(Nc2cc(Cl)c3cc[nH]c3c2)nc2cc(Cl)c(Cl)cc21. The third-order valence-electron chi connectivity index (χ3n) is 3.80. The number of hydrogen-bond acceptors (Lipinski definition) is 2. The van der Waals surface area contributed by atoms with Crippen molar-refractivity contribution < 1.29 is 0 Å². The van der Waals surface area contributed by atoms with Gasteiger partial charge in [0.25, 0.3) is 0 Å². The minimum absolute atomic E-state index is 0.486. The molecule has 0 atom stereocenters. The number of nitrogens with zero attached hydrogens (tertiary/aromatic N) is 2. The van der Waals surface area contributed by atoms with Crippen LogP contribution in [0.4, 0.5) is 11.6 Å². The van der Waals surface area contributed by atoms with E-state index in [2.05, 4.69) is 15.3 Å². The van der Waals surface area contributed by atoms with Crippen molar-refractivity contribution in [1.29, 1.82) is 0 Å². The Morgan fingerprint density at radius 3 is 2.65 bits per heavy atom. The second-order valence-electron chi connectivity index (χ2n) is 5.27. The van der Waals surface area contributed by atoms with Crippen LogP contribution < -0.4 is 5.32 Å². The molecule has 0 unspecified atom stereocenters. The molecule has 4 rings (SSSR count). The summed E-state index contributed by atoms with van der Waals surface area (Å²) in [7, 11) is 1.91. The van der Waals surface area contributed by atoms with Crippen molar-refractivity contribution in [2.75, 3.05) is 5.32 Å². The Balaban J connectivity index is 1.80. The van der Waals surface area contributed by atoms with Gasteiger partial charge in [0.15, 0.2) is 0 Å². The van der Waals surface area contributed by atoms with E-state index in [-0.39, 0.29) is 0 Å². The molecular weight excluding hydrogens is 355 g/mol. The molecule has 0 spiro atoms. The van der Waals surface area contributed by atoms with Crippen LogP contribution in [0, 0.1) is 0 Å². The molecular formula is C16H11Cl3N4. The molecule has 0 saturated carbocycles.